The van der Waals surface area contributed by atoms with Crippen molar-refractivity contribution in [2.24, 2.45) is 5.73 Å². The lowest BCUT2D eigenvalue weighted by Gasteiger charge is -2.35. The van der Waals surface area contributed by atoms with Gasteiger partial charge in [-0.2, -0.15) is 0 Å². The van der Waals surface area contributed by atoms with Crippen LogP contribution >= 0.6 is 0 Å². The van der Waals surface area contributed by atoms with E-state index in [0.29, 0.717) is 31.5 Å². The molecule has 6 heteroatoms. The van der Waals surface area contributed by atoms with Gasteiger partial charge in [-0.15, -0.1) is 0 Å². The summed E-state index contributed by atoms with van der Waals surface area (Å²) in [5.74, 6) is -0.630. The van der Waals surface area contributed by atoms with Gasteiger partial charge in [-0.1, -0.05) is 30.3 Å². The number of hydrogen-bond donors (Lipinski definition) is 1. The Morgan fingerprint density at radius 3 is 2.67 bits per heavy atom. The van der Waals surface area contributed by atoms with Gasteiger partial charge in [0.2, 0.25) is 11.8 Å². The van der Waals surface area contributed by atoms with Gasteiger partial charge in [0.25, 0.3) is 0 Å². The van der Waals surface area contributed by atoms with Crippen LogP contribution in [0.15, 0.2) is 48.9 Å². The SMILES string of the molecule is NC(=O)C1(c2cnccn2)CCCN1C(=O)CCc1ccccc1. The number of primary amides is 1. The molecule has 0 aliphatic carbocycles. The minimum absolute atomic E-state index is 0.0826. The first-order valence-electron chi connectivity index (χ1n) is 8.05. The smallest absolute Gasteiger partial charge is 0.249 e. The molecule has 1 aromatic carbocycles. The van der Waals surface area contributed by atoms with Crippen LogP contribution in [0.5, 0.6) is 0 Å². The summed E-state index contributed by atoms with van der Waals surface area (Å²) < 4.78 is 0. The van der Waals surface area contributed by atoms with Gasteiger partial charge in [-0.05, 0) is 24.8 Å². The number of hydrogen-bond acceptors (Lipinski definition) is 4. The lowest BCUT2D eigenvalue weighted by Crippen LogP contribution is -2.54. The molecule has 2 aromatic rings. The molecule has 6 nitrogen and oxygen atoms in total. The fraction of sp³-hybridized carbons (Fsp3) is 0.333. The Labute approximate surface area is 140 Å². The molecule has 1 aromatic heterocycles. The third-order valence-electron chi connectivity index (χ3n) is 4.55. The second kappa shape index (κ2) is 6.78. The lowest BCUT2D eigenvalue weighted by atomic mass is 9.90. The van der Waals surface area contributed by atoms with Crippen molar-refractivity contribution in [2.45, 2.75) is 31.2 Å². The van der Waals surface area contributed by atoms with Crippen molar-refractivity contribution in [2.75, 3.05) is 6.54 Å². The third-order valence-corrected chi connectivity index (χ3v) is 4.55. The normalized spacial score (nSPS) is 20.1. The zero-order valence-corrected chi connectivity index (χ0v) is 13.4. The number of aryl methyl sites for hydroxylation is 1. The van der Waals surface area contributed by atoms with Crippen LogP contribution in [-0.2, 0) is 21.5 Å². The first-order chi connectivity index (χ1) is 11.6. The van der Waals surface area contributed by atoms with Crippen LogP contribution in [0.3, 0.4) is 0 Å². The molecule has 1 aliphatic rings. The van der Waals surface area contributed by atoms with Gasteiger partial charge in [0.15, 0.2) is 5.54 Å². The second-order valence-electron chi connectivity index (χ2n) is 5.95. The van der Waals surface area contributed by atoms with Crippen LogP contribution in [0.2, 0.25) is 0 Å². The van der Waals surface area contributed by atoms with Crippen molar-refractivity contribution in [1.29, 1.82) is 0 Å². The number of amides is 2. The highest BCUT2D eigenvalue weighted by molar-refractivity contribution is 5.91. The summed E-state index contributed by atoms with van der Waals surface area (Å²) in [7, 11) is 0. The molecule has 3 rings (SSSR count). The molecular weight excluding hydrogens is 304 g/mol. The van der Waals surface area contributed by atoms with E-state index in [0.717, 1.165) is 12.0 Å². The van der Waals surface area contributed by atoms with Crippen LogP contribution in [0.25, 0.3) is 0 Å². The number of carbonyl (C=O) groups excluding carboxylic acids is 2. The molecule has 0 saturated carbocycles. The number of likely N-dealkylation sites (tertiary alicyclic amines) is 1. The van der Waals surface area contributed by atoms with E-state index in [1.165, 1.54) is 18.6 Å². The molecule has 24 heavy (non-hydrogen) atoms. The molecular formula is C18H20N4O2. The van der Waals surface area contributed by atoms with Gasteiger partial charge in [0, 0.05) is 25.4 Å². The van der Waals surface area contributed by atoms with Gasteiger partial charge >= 0.3 is 0 Å². The zero-order chi connectivity index (χ0) is 17.0. The topological polar surface area (TPSA) is 89.2 Å². The molecule has 1 fully saturated rings. The van der Waals surface area contributed by atoms with Crippen LogP contribution in [0.4, 0.5) is 0 Å². The average Bonchev–Trinajstić information content (AvgIpc) is 3.07. The maximum Gasteiger partial charge on any atom is 0.249 e. The van der Waals surface area contributed by atoms with Crippen LogP contribution in [-0.4, -0.2) is 33.2 Å². The minimum Gasteiger partial charge on any atom is -0.367 e. The van der Waals surface area contributed by atoms with Crippen molar-refractivity contribution in [3.63, 3.8) is 0 Å². The highest BCUT2D eigenvalue weighted by Gasteiger charge is 2.51. The summed E-state index contributed by atoms with van der Waals surface area (Å²) in [5, 5.41) is 0. The summed E-state index contributed by atoms with van der Waals surface area (Å²) in [6, 6.07) is 9.81. The van der Waals surface area contributed by atoms with Crippen LogP contribution < -0.4 is 5.73 Å². The molecule has 0 bridgehead atoms. The molecule has 1 saturated heterocycles. The predicted octanol–water partition coefficient (Wildman–Crippen LogP) is 1.41. The van der Waals surface area contributed by atoms with Crippen LogP contribution in [0.1, 0.15) is 30.5 Å². The molecule has 2 heterocycles. The number of aromatic nitrogens is 2. The number of carbonyl (C=O) groups is 2. The minimum atomic E-state index is -1.18. The Morgan fingerprint density at radius 1 is 1.21 bits per heavy atom. The van der Waals surface area contributed by atoms with Crippen molar-refractivity contribution in [3.05, 3.63) is 60.2 Å². The Morgan fingerprint density at radius 2 is 2.00 bits per heavy atom. The zero-order valence-electron chi connectivity index (χ0n) is 13.4. The fourth-order valence-electron chi connectivity index (χ4n) is 3.35. The van der Waals surface area contributed by atoms with E-state index in [1.54, 1.807) is 4.90 Å². The maximum absolute atomic E-state index is 12.8. The molecule has 1 unspecified atom stereocenters. The molecule has 0 spiro atoms. The average molecular weight is 324 g/mol. The monoisotopic (exact) mass is 324 g/mol. The summed E-state index contributed by atoms with van der Waals surface area (Å²) >= 11 is 0. The first-order valence-corrected chi connectivity index (χ1v) is 8.05. The standard InChI is InChI=1S/C18H20N4O2/c19-17(24)18(15-13-20-10-11-21-15)9-4-12-22(18)16(23)8-7-14-5-2-1-3-6-14/h1-3,5-6,10-11,13H,4,7-9,12H2,(H2,19,24). The number of benzene rings is 1. The predicted molar refractivity (Wildman–Crippen MR) is 88.6 cm³/mol. The molecule has 2 N–H and O–H groups in total. The van der Waals surface area contributed by atoms with E-state index >= 15 is 0 Å². The van der Waals surface area contributed by atoms with E-state index in [1.807, 2.05) is 30.3 Å². The van der Waals surface area contributed by atoms with Crippen molar-refractivity contribution < 1.29 is 9.59 Å². The largest absolute Gasteiger partial charge is 0.367 e. The third kappa shape index (κ3) is 2.87. The maximum atomic E-state index is 12.8. The summed E-state index contributed by atoms with van der Waals surface area (Å²) in [4.78, 5) is 34.9. The molecule has 0 radical (unpaired) electrons. The molecule has 2 amide bonds. The Bertz CT molecular complexity index is 720. The van der Waals surface area contributed by atoms with E-state index in [-0.39, 0.29) is 5.91 Å². The van der Waals surface area contributed by atoms with E-state index in [9.17, 15) is 9.59 Å². The second-order valence-corrected chi connectivity index (χ2v) is 5.95. The first kappa shape index (κ1) is 16.1. The Kier molecular flexibility index (Phi) is 4.55. The quantitative estimate of drug-likeness (QED) is 0.900. The number of rotatable bonds is 5. The van der Waals surface area contributed by atoms with Gasteiger partial charge in [0.05, 0.1) is 11.9 Å². The van der Waals surface area contributed by atoms with Gasteiger partial charge in [-0.3, -0.25) is 19.6 Å². The van der Waals surface area contributed by atoms with Crippen LogP contribution in [0, 0.1) is 0 Å². The van der Waals surface area contributed by atoms with Crippen molar-refractivity contribution in [3.8, 4) is 0 Å². The Hall–Kier alpha value is -2.76. The van der Waals surface area contributed by atoms with E-state index in [2.05, 4.69) is 9.97 Å². The highest BCUT2D eigenvalue weighted by atomic mass is 16.2. The Balaban J connectivity index is 1.82. The van der Waals surface area contributed by atoms with E-state index < -0.39 is 11.4 Å². The summed E-state index contributed by atoms with van der Waals surface area (Å²) in [6.07, 6.45) is 6.74. The summed E-state index contributed by atoms with van der Waals surface area (Å²) in [5.41, 5.74) is 6.06. The van der Waals surface area contributed by atoms with Gasteiger partial charge in [-0.25, -0.2) is 0 Å². The van der Waals surface area contributed by atoms with E-state index in [4.69, 9.17) is 5.73 Å². The number of nitrogens with two attached hydrogens (primary N) is 1. The van der Waals surface area contributed by atoms with Crippen molar-refractivity contribution >= 4 is 11.8 Å². The molecule has 1 atom stereocenters. The number of nitrogens with zero attached hydrogens (tertiary/aromatic N) is 3. The van der Waals surface area contributed by atoms with Gasteiger partial charge < -0.3 is 10.6 Å². The fourth-order valence-corrected chi connectivity index (χ4v) is 3.35. The molecule has 124 valence electrons. The van der Waals surface area contributed by atoms with Gasteiger partial charge in [0.1, 0.15) is 0 Å². The van der Waals surface area contributed by atoms with Crippen molar-refractivity contribution in [1.82, 2.24) is 14.9 Å². The summed E-state index contributed by atoms with van der Waals surface area (Å²) in [6.45, 7) is 0.507. The lowest BCUT2D eigenvalue weighted by molar-refractivity contribution is -0.144. The highest BCUT2D eigenvalue weighted by Crippen LogP contribution is 2.38. The molecule has 1 aliphatic heterocycles.